The summed E-state index contributed by atoms with van der Waals surface area (Å²) in [4.78, 5) is 2.25. The van der Waals surface area contributed by atoms with Gasteiger partial charge < -0.3 is 10.0 Å². The van der Waals surface area contributed by atoms with Gasteiger partial charge in [0.1, 0.15) is 12.3 Å². The number of phenolic OH excluding ortho intramolecular Hbond substituents is 1. The summed E-state index contributed by atoms with van der Waals surface area (Å²) in [6, 6.07) is 23.0. The highest BCUT2D eigenvalue weighted by Gasteiger charge is 2.21. The van der Waals surface area contributed by atoms with Crippen LogP contribution in [0.25, 0.3) is 32.9 Å². The molecule has 0 aliphatic carbocycles. The fraction of sp³-hybridized carbons (Fsp3) is 0.240. The normalized spacial score (nSPS) is 11.2. The van der Waals surface area contributed by atoms with Crippen molar-refractivity contribution in [3.05, 3.63) is 66.7 Å². The third-order valence-electron chi connectivity index (χ3n) is 5.62. The van der Waals surface area contributed by atoms with Crippen molar-refractivity contribution in [1.82, 2.24) is 0 Å². The number of pyridine rings is 1. The smallest absolute Gasteiger partial charge is 0.213 e. The first-order valence-electron chi connectivity index (χ1n) is 10.1. The molecule has 1 aromatic heterocycles. The summed E-state index contributed by atoms with van der Waals surface area (Å²) >= 11 is 0. The molecule has 0 radical (unpaired) electrons. The molecule has 1 heterocycles. The molecule has 0 atom stereocenters. The van der Waals surface area contributed by atoms with Crippen molar-refractivity contribution in [3.63, 3.8) is 0 Å². The molecule has 3 heteroatoms. The summed E-state index contributed by atoms with van der Waals surface area (Å²) in [6.07, 6.45) is 0. The van der Waals surface area contributed by atoms with Gasteiger partial charge >= 0.3 is 0 Å². The number of para-hydroxylation sites is 2. The number of aryl methyl sites for hydroxylation is 1. The van der Waals surface area contributed by atoms with Gasteiger partial charge in [-0.2, -0.15) is 4.57 Å². The van der Waals surface area contributed by atoms with E-state index in [0.29, 0.717) is 5.75 Å². The van der Waals surface area contributed by atoms with Crippen molar-refractivity contribution in [3.8, 4) is 16.9 Å². The number of rotatable bonds is 5. The van der Waals surface area contributed by atoms with Crippen LogP contribution in [-0.4, -0.2) is 18.2 Å². The van der Waals surface area contributed by atoms with Crippen molar-refractivity contribution in [2.75, 3.05) is 18.0 Å². The topological polar surface area (TPSA) is 27.4 Å². The van der Waals surface area contributed by atoms with E-state index in [1.165, 1.54) is 11.0 Å². The number of hydrogen-bond acceptors (Lipinski definition) is 2. The van der Waals surface area contributed by atoms with E-state index < -0.39 is 0 Å². The van der Waals surface area contributed by atoms with E-state index >= 15 is 0 Å². The largest absolute Gasteiger partial charge is 0.507 e. The zero-order valence-corrected chi connectivity index (χ0v) is 16.8. The summed E-state index contributed by atoms with van der Waals surface area (Å²) in [5.41, 5.74) is 5.40. The highest BCUT2D eigenvalue weighted by molar-refractivity contribution is 6.08. The number of nitrogens with zero attached hydrogens (tertiary/aromatic N) is 2. The lowest BCUT2D eigenvalue weighted by atomic mass is 9.94. The zero-order chi connectivity index (χ0) is 19.7. The predicted octanol–water partition coefficient (Wildman–Crippen LogP) is 5.52. The monoisotopic (exact) mass is 371 g/mol. The van der Waals surface area contributed by atoms with Crippen molar-refractivity contribution in [1.29, 1.82) is 0 Å². The van der Waals surface area contributed by atoms with Crippen molar-refractivity contribution in [2.45, 2.75) is 27.3 Å². The van der Waals surface area contributed by atoms with Gasteiger partial charge in [-0.25, -0.2) is 0 Å². The van der Waals surface area contributed by atoms with E-state index in [9.17, 15) is 5.11 Å². The summed E-state index contributed by atoms with van der Waals surface area (Å²) in [7, 11) is 0. The molecule has 0 saturated carbocycles. The Kier molecular flexibility index (Phi) is 4.91. The molecule has 0 aliphatic rings. The molecule has 0 unspecified atom stereocenters. The van der Waals surface area contributed by atoms with Gasteiger partial charge in [0.05, 0.1) is 10.8 Å². The maximum absolute atomic E-state index is 11.0. The second kappa shape index (κ2) is 7.51. The van der Waals surface area contributed by atoms with E-state index in [1.807, 2.05) is 6.07 Å². The molecule has 0 saturated heterocycles. The van der Waals surface area contributed by atoms with Crippen LogP contribution in [0.2, 0.25) is 0 Å². The second-order valence-electron chi connectivity index (χ2n) is 7.03. The molecule has 4 aromatic rings. The molecule has 0 spiro atoms. The molecular formula is C25H27N2O+. The van der Waals surface area contributed by atoms with E-state index in [2.05, 4.69) is 90.9 Å². The molecule has 0 aliphatic heterocycles. The molecule has 3 nitrogen and oxygen atoms in total. The van der Waals surface area contributed by atoms with Crippen molar-refractivity contribution < 1.29 is 9.67 Å². The van der Waals surface area contributed by atoms with Crippen LogP contribution in [0.3, 0.4) is 0 Å². The minimum Gasteiger partial charge on any atom is -0.507 e. The number of benzene rings is 3. The summed E-state index contributed by atoms with van der Waals surface area (Å²) in [5, 5.41) is 13.3. The number of aromatic hydroxyl groups is 1. The molecular weight excluding hydrogens is 344 g/mol. The van der Waals surface area contributed by atoms with Gasteiger partial charge in [0.15, 0.2) is 0 Å². The van der Waals surface area contributed by atoms with Crippen LogP contribution < -0.4 is 9.47 Å². The minimum absolute atomic E-state index is 0.328. The van der Waals surface area contributed by atoms with Crippen LogP contribution in [0, 0.1) is 0 Å². The first-order chi connectivity index (χ1) is 13.7. The van der Waals surface area contributed by atoms with Gasteiger partial charge in [-0.05, 0) is 45.0 Å². The molecule has 4 rings (SSSR count). The second-order valence-corrected chi connectivity index (χ2v) is 7.03. The number of aromatic nitrogens is 1. The molecule has 0 fully saturated rings. The van der Waals surface area contributed by atoms with Crippen molar-refractivity contribution in [2.24, 2.45) is 0 Å². The van der Waals surface area contributed by atoms with E-state index in [1.54, 1.807) is 0 Å². The Morgan fingerprint density at radius 2 is 1.36 bits per heavy atom. The molecule has 3 aromatic carbocycles. The lowest BCUT2D eigenvalue weighted by Crippen LogP contribution is -2.34. The van der Waals surface area contributed by atoms with Gasteiger partial charge in [0.25, 0.3) is 0 Å². The van der Waals surface area contributed by atoms with Crippen LogP contribution in [0.15, 0.2) is 66.7 Å². The van der Waals surface area contributed by atoms with Crippen LogP contribution >= 0.6 is 0 Å². The average molecular weight is 372 g/mol. The SMILES string of the molecule is CCN(CC)c1ccc(-c2c3ccccc3[n+](CC)c3ccccc23)c(O)c1. The maximum atomic E-state index is 11.0. The molecule has 0 amide bonds. The van der Waals surface area contributed by atoms with Crippen molar-refractivity contribution >= 4 is 27.5 Å². The van der Waals surface area contributed by atoms with Crippen LogP contribution in [0.4, 0.5) is 5.69 Å². The van der Waals surface area contributed by atoms with Crippen LogP contribution in [-0.2, 0) is 6.54 Å². The van der Waals surface area contributed by atoms with E-state index in [4.69, 9.17) is 0 Å². The van der Waals surface area contributed by atoms with Crippen LogP contribution in [0.5, 0.6) is 5.75 Å². The van der Waals surface area contributed by atoms with Gasteiger partial charge in [-0.1, -0.05) is 24.3 Å². The molecule has 0 bridgehead atoms. The van der Waals surface area contributed by atoms with Gasteiger partial charge in [0.2, 0.25) is 11.0 Å². The lowest BCUT2D eigenvalue weighted by molar-refractivity contribution is -0.641. The van der Waals surface area contributed by atoms with Gasteiger partial charge in [-0.15, -0.1) is 0 Å². The van der Waals surface area contributed by atoms with Crippen LogP contribution in [0.1, 0.15) is 20.8 Å². The summed E-state index contributed by atoms with van der Waals surface area (Å²) in [5.74, 6) is 0.328. The number of anilines is 1. The number of phenols is 1. The van der Waals surface area contributed by atoms with E-state index in [-0.39, 0.29) is 0 Å². The molecule has 142 valence electrons. The first kappa shape index (κ1) is 18.3. The number of hydrogen-bond donors (Lipinski definition) is 1. The Morgan fingerprint density at radius 1 is 0.786 bits per heavy atom. The molecule has 28 heavy (non-hydrogen) atoms. The Balaban J connectivity index is 2.06. The Morgan fingerprint density at radius 3 is 1.86 bits per heavy atom. The quantitative estimate of drug-likeness (QED) is 0.369. The van der Waals surface area contributed by atoms with Gasteiger partial charge in [-0.3, -0.25) is 0 Å². The summed E-state index contributed by atoms with van der Waals surface area (Å²) in [6.45, 7) is 9.18. The predicted molar refractivity (Wildman–Crippen MR) is 118 cm³/mol. The first-order valence-corrected chi connectivity index (χ1v) is 10.1. The number of fused-ring (bicyclic) bond motifs is 2. The third-order valence-corrected chi connectivity index (χ3v) is 5.62. The Labute approximate surface area is 166 Å². The van der Waals surface area contributed by atoms with Gasteiger partial charge in [0, 0.05) is 48.1 Å². The maximum Gasteiger partial charge on any atom is 0.213 e. The highest BCUT2D eigenvalue weighted by atomic mass is 16.3. The zero-order valence-electron chi connectivity index (χ0n) is 16.8. The Bertz CT molecular complexity index is 1090. The summed E-state index contributed by atoms with van der Waals surface area (Å²) < 4.78 is 2.34. The standard InChI is InChI=1S/C25H26N2O/c1-4-26(5-2)18-15-16-21(24(28)17-18)25-19-11-7-9-13-22(19)27(6-3)23-14-10-8-12-20(23)25/h7-17H,4-6H2,1-3H3/p+1. The fourth-order valence-corrected chi connectivity index (χ4v) is 4.26. The molecule has 1 N–H and O–H groups in total. The van der Waals surface area contributed by atoms with E-state index in [0.717, 1.165) is 47.2 Å². The Hall–Kier alpha value is -3.07. The third kappa shape index (κ3) is 2.88. The lowest BCUT2D eigenvalue weighted by Gasteiger charge is -2.22. The average Bonchev–Trinajstić information content (AvgIpc) is 2.73. The fourth-order valence-electron chi connectivity index (χ4n) is 4.26. The highest BCUT2D eigenvalue weighted by Crippen LogP contribution is 2.40. The minimum atomic E-state index is 0.328.